The second-order valence-electron chi connectivity index (χ2n) is 3.77. The molecule has 0 aliphatic carbocycles. The number of aromatic amines is 1. The topological polar surface area (TPSA) is 92.3 Å². The molecule has 0 radical (unpaired) electrons. The van der Waals surface area contributed by atoms with Crippen LogP contribution in [0.1, 0.15) is 5.69 Å². The Morgan fingerprint density at radius 2 is 2.21 bits per heavy atom. The fourth-order valence-electron chi connectivity index (χ4n) is 1.71. The van der Waals surface area contributed by atoms with Crippen molar-refractivity contribution in [3.05, 3.63) is 59.2 Å². The third-order valence-corrected chi connectivity index (χ3v) is 2.61. The number of hydrogen-bond acceptors (Lipinski definition) is 4. The molecule has 3 aromatic rings. The van der Waals surface area contributed by atoms with Crippen LogP contribution in [0.15, 0.2) is 47.9 Å². The first-order chi connectivity index (χ1) is 9.29. The van der Waals surface area contributed by atoms with Crippen LogP contribution in [0.25, 0.3) is 11.5 Å². The van der Waals surface area contributed by atoms with Crippen LogP contribution < -0.4 is 5.56 Å². The molecule has 92 valence electrons. The van der Waals surface area contributed by atoms with Gasteiger partial charge in [-0.15, -0.1) is 0 Å². The summed E-state index contributed by atoms with van der Waals surface area (Å²) in [4.78, 5) is 20.2. The molecule has 3 heterocycles. The van der Waals surface area contributed by atoms with E-state index in [4.69, 9.17) is 5.26 Å². The van der Waals surface area contributed by atoms with Crippen molar-refractivity contribution in [2.24, 2.45) is 0 Å². The predicted molar refractivity (Wildman–Crippen MR) is 66.0 cm³/mol. The molecule has 0 aromatic carbocycles. The first kappa shape index (κ1) is 11.0. The van der Waals surface area contributed by atoms with Crippen molar-refractivity contribution in [2.45, 2.75) is 0 Å². The minimum absolute atomic E-state index is 0.255. The lowest BCUT2D eigenvalue weighted by Crippen LogP contribution is -2.18. The summed E-state index contributed by atoms with van der Waals surface area (Å²) in [6, 6.07) is 7.19. The van der Waals surface area contributed by atoms with Crippen LogP contribution in [-0.4, -0.2) is 24.3 Å². The summed E-state index contributed by atoms with van der Waals surface area (Å²) < 4.78 is 2.82. The van der Waals surface area contributed by atoms with Crippen molar-refractivity contribution in [3.8, 4) is 17.6 Å². The lowest BCUT2D eigenvalue weighted by molar-refractivity contribution is 0.816. The molecule has 0 amide bonds. The van der Waals surface area contributed by atoms with E-state index in [9.17, 15) is 4.79 Å². The highest BCUT2D eigenvalue weighted by Crippen LogP contribution is 2.05. The zero-order valence-electron chi connectivity index (χ0n) is 9.69. The molecule has 0 saturated heterocycles. The van der Waals surface area contributed by atoms with Crippen molar-refractivity contribution in [3.63, 3.8) is 0 Å². The van der Waals surface area contributed by atoms with Gasteiger partial charge >= 0.3 is 0 Å². The van der Waals surface area contributed by atoms with Gasteiger partial charge in [-0.3, -0.25) is 14.5 Å². The van der Waals surface area contributed by atoms with E-state index in [0.717, 1.165) is 0 Å². The molecule has 0 spiro atoms. The van der Waals surface area contributed by atoms with Crippen LogP contribution >= 0.6 is 0 Å². The molecule has 3 aromatic heterocycles. The van der Waals surface area contributed by atoms with Crippen LogP contribution in [0, 0.1) is 11.3 Å². The van der Waals surface area contributed by atoms with Gasteiger partial charge in [-0.25, -0.2) is 9.97 Å². The molecule has 0 bridgehead atoms. The van der Waals surface area contributed by atoms with Gasteiger partial charge in [0, 0.05) is 18.6 Å². The summed E-state index contributed by atoms with van der Waals surface area (Å²) in [5, 5.41) is 11.5. The van der Waals surface area contributed by atoms with E-state index in [1.54, 1.807) is 30.6 Å². The maximum Gasteiger partial charge on any atom is 0.296 e. The van der Waals surface area contributed by atoms with Gasteiger partial charge in [-0.2, -0.15) is 9.94 Å². The molecular formula is C12H8N6O. The second-order valence-corrected chi connectivity index (χ2v) is 3.77. The molecule has 0 unspecified atom stereocenters. The van der Waals surface area contributed by atoms with Crippen LogP contribution in [0.5, 0.6) is 0 Å². The summed E-state index contributed by atoms with van der Waals surface area (Å²) in [5.41, 5.74) is 0.366. The van der Waals surface area contributed by atoms with E-state index < -0.39 is 0 Å². The highest BCUT2D eigenvalue weighted by molar-refractivity contribution is 5.32. The average Bonchev–Trinajstić information content (AvgIpc) is 3.06. The predicted octanol–water partition coefficient (Wildman–Crippen LogP) is 0.618. The highest BCUT2D eigenvalue weighted by Gasteiger charge is 2.10. The van der Waals surface area contributed by atoms with Crippen LogP contribution in [0.4, 0.5) is 0 Å². The standard InChI is InChI=1S/C12H8N6O/c13-5-9-7-17(8-15-9)10-6-16-18(12(10)19)11-3-1-2-4-14-11/h1-4,6-8,16H. The smallest absolute Gasteiger partial charge is 0.296 e. The molecule has 0 fully saturated rings. The average molecular weight is 252 g/mol. The number of hydrogen-bond donors (Lipinski definition) is 1. The van der Waals surface area contributed by atoms with Gasteiger partial charge in [0.05, 0.1) is 0 Å². The lowest BCUT2D eigenvalue weighted by Gasteiger charge is -1.98. The summed E-state index contributed by atoms with van der Waals surface area (Å²) in [6.07, 6.45) is 6.06. The van der Waals surface area contributed by atoms with Gasteiger partial charge < -0.3 is 0 Å². The Morgan fingerprint density at radius 1 is 1.32 bits per heavy atom. The van der Waals surface area contributed by atoms with Crippen molar-refractivity contribution in [1.29, 1.82) is 5.26 Å². The molecule has 0 aliphatic heterocycles. The van der Waals surface area contributed by atoms with E-state index in [-0.39, 0.29) is 11.3 Å². The summed E-state index contributed by atoms with van der Waals surface area (Å²) >= 11 is 0. The first-order valence-corrected chi connectivity index (χ1v) is 5.46. The number of nitrogens with zero attached hydrogens (tertiary/aromatic N) is 5. The minimum Gasteiger partial charge on any atom is -0.299 e. The summed E-state index contributed by atoms with van der Waals surface area (Å²) in [7, 11) is 0. The van der Waals surface area contributed by atoms with Crippen molar-refractivity contribution in [1.82, 2.24) is 24.3 Å². The Balaban J connectivity index is 2.10. The number of nitrogens with one attached hydrogen (secondary N) is 1. The largest absolute Gasteiger partial charge is 0.299 e. The van der Waals surface area contributed by atoms with E-state index in [0.29, 0.717) is 11.5 Å². The Labute approximate surface area is 107 Å². The molecule has 19 heavy (non-hydrogen) atoms. The van der Waals surface area contributed by atoms with Gasteiger partial charge in [0.25, 0.3) is 5.56 Å². The third-order valence-electron chi connectivity index (χ3n) is 2.61. The monoisotopic (exact) mass is 252 g/mol. The number of pyridine rings is 1. The summed E-state index contributed by atoms with van der Waals surface area (Å²) in [6.45, 7) is 0. The molecule has 1 N–H and O–H groups in total. The van der Waals surface area contributed by atoms with Crippen molar-refractivity contribution >= 4 is 0 Å². The molecule has 7 nitrogen and oxygen atoms in total. The number of rotatable bonds is 2. The maximum absolute atomic E-state index is 12.2. The zero-order valence-corrected chi connectivity index (χ0v) is 9.69. The number of aromatic nitrogens is 5. The first-order valence-electron chi connectivity index (χ1n) is 5.46. The Morgan fingerprint density at radius 3 is 2.89 bits per heavy atom. The number of nitriles is 1. The molecule has 7 heteroatoms. The fourth-order valence-corrected chi connectivity index (χ4v) is 1.71. The van der Waals surface area contributed by atoms with Gasteiger partial charge in [0.1, 0.15) is 18.1 Å². The molecule has 0 aliphatic rings. The quantitative estimate of drug-likeness (QED) is 0.723. The molecular weight excluding hydrogens is 244 g/mol. The van der Waals surface area contributed by atoms with E-state index in [1.165, 1.54) is 21.8 Å². The number of H-pyrrole nitrogens is 1. The normalized spacial score (nSPS) is 10.3. The van der Waals surface area contributed by atoms with Crippen molar-refractivity contribution in [2.75, 3.05) is 0 Å². The van der Waals surface area contributed by atoms with Gasteiger partial charge in [0.15, 0.2) is 11.5 Å². The highest BCUT2D eigenvalue weighted by atomic mass is 16.1. The second kappa shape index (κ2) is 4.27. The Hall–Kier alpha value is -3.14. The zero-order chi connectivity index (χ0) is 13.2. The molecule has 0 saturated carbocycles. The van der Waals surface area contributed by atoms with Crippen LogP contribution in [0.3, 0.4) is 0 Å². The van der Waals surface area contributed by atoms with Gasteiger partial charge in [0.2, 0.25) is 0 Å². The fraction of sp³-hybridized carbons (Fsp3) is 0. The minimum atomic E-state index is -0.263. The summed E-state index contributed by atoms with van der Waals surface area (Å²) in [5.74, 6) is 0.499. The van der Waals surface area contributed by atoms with E-state index in [2.05, 4.69) is 15.1 Å². The van der Waals surface area contributed by atoms with E-state index >= 15 is 0 Å². The lowest BCUT2D eigenvalue weighted by atomic mass is 10.4. The SMILES string of the molecule is N#Cc1cn(-c2c[nH]n(-c3ccccn3)c2=O)cn1. The third kappa shape index (κ3) is 1.81. The molecule has 3 rings (SSSR count). The van der Waals surface area contributed by atoms with E-state index in [1.807, 2.05) is 6.07 Å². The maximum atomic E-state index is 12.2. The Kier molecular flexibility index (Phi) is 2.47. The number of imidazole rings is 1. The van der Waals surface area contributed by atoms with Crippen LogP contribution in [0.2, 0.25) is 0 Å². The van der Waals surface area contributed by atoms with Crippen LogP contribution in [-0.2, 0) is 0 Å². The van der Waals surface area contributed by atoms with Gasteiger partial charge in [-0.05, 0) is 12.1 Å². The van der Waals surface area contributed by atoms with Crippen molar-refractivity contribution < 1.29 is 0 Å². The molecule has 0 atom stereocenters. The van der Waals surface area contributed by atoms with Gasteiger partial charge in [-0.1, -0.05) is 6.07 Å². The Bertz CT molecular complexity index is 805.